The highest BCUT2D eigenvalue weighted by atomic mass is 16.5. The predicted molar refractivity (Wildman–Crippen MR) is 42.5 cm³/mol. The van der Waals surface area contributed by atoms with Gasteiger partial charge in [0.1, 0.15) is 6.29 Å². The Balaban J connectivity index is 2.25. The van der Waals surface area contributed by atoms with Crippen molar-refractivity contribution >= 4 is 6.29 Å². The summed E-state index contributed by atoms with van der Waals surface area (Å²) in [6, 6.07) is 0.158. The predicted octanol–water partition coefficient (Wildman–Crippen LogP) is 0.296. The molecular weight excluding hydrogens is 142 g/mol. The zero-order chi connectivity index (χ0) is 8.10. The van der Waals surface area contributed by atoms with E-state index in [1.54, 1.807) is 7.11 Å². The zero-order valence-corrected chi connectivity index (χ0v) is 6.95. The lowest BCUT2D eigenvalue weighted by molar-refractivity contribution is -0.111. The van der Waals surface area contributed by atoms with Gasteiger partial charge in [0.15, 0.2) is 0 Å². The van der Waals surface area contributed by atoms with Gasteiger partial charge in [0, 0.05) is 13.7 Å². The van der Waals surface area contributed by atoms with Crippen LogP contribution in [-0.4, -0.2) is 44.0 Å². The molecule has 0 spiro atoms. The highest BCUT2D eigenvalue weighted by molar-refractivity contribution is 5.58. The Morgan fingerprint density at radius 2 is 2.55 bits per heavy atom. The second kappa shape index (κ2) is 4.46. The van der Waals surface area contributed by atoms with Gasteiger partial charge < -0.3 is 9.53 Å². The van der Waals surface area contributed by atoms with Crippen LogP contribution in [0.15, 0.2) is 0 Å². The van der Waals surface area contributed by atoms with Crippen molar-refractivity contribution < 1.29 is 9.53 Å². The van der Waals surface area contributed by atoms with Crippen LogP contribution in [0.1, 0.15) is 12.8 Å². The van der Waals surface area contributed by atoms with Crippen molar-refractivity contribution in [2.75, 3.05) is 26.8 Å². The first-order valence-corrected chi connectivity index (χ1v) is 4.06. The van der Waals surface area contributed by atoms with E-state index < -0.39 is 0 Å². The highest BCUT2D eigenvalue weighted by Crippen LogP contribution is 2.13. The largest absolute Gasteiger partial charge is 0.383 e. The molecule has 3 nitrogen and oxygen atoms in total. The number of rotatable bonds is 4. The number of nitrogens with zero attached hydrogens (tertiary/aromatic N) is 1. The van der Waals surface area contributed by atoms with Crippen LogP contribution in [0.25, 0.3) is 0 Å². The first-order chi connectivity index (χ1) is 5.38. The molecule has 1 rings (SSSR count). The minimum Gasteiger partial charge on any atom is -0.383 e. The molecule has 1 aliphatic heterocycles. The molecule has 1 atom stereocenters. The number of hydrogen-bond donors (Lipinski definition) is 0. The summed E-state index contributed by atoms with van der Waals surface area (Å²) < 4.78 is 4.94. The van der Waals surface area contributed by atoms with Crippen molar-refractivity contribution in [1.82, 2.24) is 4.90 Å². The molecule has 0 N–H and O–H groups in total. The average Bonchev–Trinajstić information content (AvgIpc) is 2.47. The lowest BCUT2D eigenvalue weighted by Gasteiger charge is -2.18. The average molecular weight is 157 g/mol. The summed E-state index contributed by atoms with van der Waals surface area (Å²) in [5.41, 5.74) is 0. The van der Waals surface area contributed by atoms with Gasteiger partial charge >= 0.3 is 0 Å². The van der Waals surface area contributed by atoms with E-state index in [0.29, 0.717) is 0 Å². The second-order valence-electron chi connectivity index (χ2n) is 2.87. The normalized spacial score (nSPS) is 25.7. The topological polar surface area (TPSA) is 29.5 Å². The maximum absolute atomic E-state index is 10.5. The molecule has 0 radical (unpaired) electrons. The van der Waals surface area contributed by atoms with E-state index in [-0.39, 0.29) is 6.04 Å². The molecule has 1 saturated heterocycles. The first-order valence-electron chi connectivity index (χ1n) is 4.06. The van der Waals surface area contributed by atoms with Crippen LogP contribution >= 0.6 is 0 Å². The number of likely N-dealkylation sites (tertiary alicyclic amines) is 1. The Hall–Kier alpha value is -0.410. The molecule has 64 valence electrons. The van der Waals surface area contributed by atoms with Crippen LogP contribution in [0, 0.1) is 0 Å². The van der Waals surface area contributed by atoms with Gasteiger partial charge in [-0.3, -0.25) is 4.90 Å². The van der Waals surface area contributed by atoms with E-state index in [2.05, 4.69) is 4.90 Å². The Bertz CT molecular complexity index is 127. The van der Waals surface area contributed by atoms with Crippen LogP contribution in [-0.2, 0) is 9.53 Å². The number of methoxy groups -OCH3 is 1. The Morgan fingerprint density at radius 3 is 3.18 bits per heavy atom. The van der Waals surface area contributed by atoms with Gasteiger partial charge in [-0.25, -0.2) is 0 Å². The number of carbonyl (C=O) groups excluding carboxylic acids is 1. The molecule has 11 heavy (non-hydrogen) atoms. The number of aldehydes is 1. The maximum atomic E-state index is 10.5. The van der Waals surface area contributed by atoms with Crippen LogP contribution in [0.3, 0.4) is 0 Å². The second-order valence-corrected chi connectivity index (χ2v) is 2.87. The van der Waals surface area contributed by atoms with Crippen molar-refractivity contribution in [3.05, 3.63) is 0 Å². The summed E-state index contributed by atoms with van der Waals surface area (Å²) >= 11 is 0. The molecule has 0 aromatic heterocycles. The molecule has 0 aromatic carbocycles. The van der Waals surface area contributed by atoms with Gasteiger partial charge in [-0.05, 0) is 19.4 Å². The van der Waals surface area contributed by atoms with Crippen molar-refractivity contribution in [2.45, 2.75) is 18.9 Å². The van der Waals surface area contributed by atoms with Gasteiger partial charge in [0.25, 0.3) is 0 Å². The molecule has 0 bridgehead atoms. The monoisotopic (exact) mass is 157 g/mol. The molecule has 0 aliphatic carbocycles. The summed E-state index contributed by atoms with van der Waals surface area (Å²) in [4.78, 5) is 12.7. The molecular formula is C8H15NO2. The summed E-state index contributed by atoms with van der Waals surface area (Å²) in [5, 5.41) is 0. The summed E-state index contributed by atoms with van der Waals surface area (Å²) in [6.07, 6.45) is 3.21. The number of ether oxygens (including phenoxy) is 1. The molecule has 3 heteroatoms. The highest BCUT2D eigenvalue weighted by Gasteiger charge is 2.22. The van der Waals surface area contributed by atoms with E-state index in [1.807, 2.05) is 0 Å². The van der Waals surface area contributed by atoms with Crippen molar-refractivity contribution in [3.8, 4) is 0 Å². The van der Waals surface area contributed by atoms with Crippen LogP contribution in [0.4, 0.5) is 0 Å². The minimum absolute atomic E-state index is 0.158. The van der Waals surface area contributed by atoms with Gasteiger partial charge in [0.2, 0.25) is 0 Å². The van der Waals surface area contributed by atoms with Gasteiger partial charge in [-0.1, -0.05) is 0 Å². The van der Waals surface area contributed by atoms with E-state index in [4.69, 9.17) is 4.74 Å². The number of carbonyl (C=O) groups is 1. The van der Waals surface area contributed by atoms with Crippen molar-refractivity contribution in [1.29, 1.82) is 0 Å². The minimum atomic E-state index is 0.158. The standard InChI is InChI=1S/C8H15NO2/c1-11-6-5-9-4-2-3-8(9)7-10/h7-8H,2-6H2,1H3. The lowest BCUT2D eigenvalue weighted by Crippen LogP contribution is -2.33. The first kappa shape index (κ1) is 8.68. The third-order valence-corrected chi connectivity index (χ3v) is 2.15. The van der Waals surface area contributed by atoms with Gasteiger partial charge in [0.05, 0.1) is 12.6 Å². The molecule has 0 aromatic rings. The Morgan fingerprint density at radius 1 is 1.73 bits per heavy atom. The van der Waals surface area contributed by atoms with Crippen molar-refractivity contribution in [2.24, 2.45) is 0 Å². The fourth-order valence-electron chi connectivity index (χ4n) is 1.49. The fourth-order valence-corrected chi connectivity index (χ4v) is 1.49. The fraction of sp³-hybridized carbons (Fsp3) is 0.875. The molecule has 1 unspecified atom stereocenters. The van der Waals surface area contributed by atoms with E-state index in [0.717, 1.165) is 38.8 Å². The quantitative estimate of drug-likeness (QED) is 0.549. The molecule has 1 heterocycles. The Kier molecular flexibility index (Phi) is 3.52. The molecule has 0 saturated carbocycles. The van der Waals surface area contributed by atoms with Crippen LogP contribution < -0.4 is 0 Å². The SMILES string of the molecule is COCCN1CCCC1C=O. The zero-order valence-electron chi connectivity index (χ0n) is 6.95. The van der Waals surface area contributed by atoms with E-state index in [1.165, 1.54) is 0 Å². The third kappa shape index (κ3) is 2.27. The van der Waals surface area contributed by atoms with E-state index >= 15 is 0 Å². The maximum Gasteiger partial charge on any atom is 0.137 e. The summed E-state index contributed by atoms with van der Waals surface area (Å²) in [6.45, 7) is 2.66. The van der Waals surface area contributed by atoms with E-state index in [9.17, 15) is 4.79 Å². The smallest absolute Gasteiger partial charge is 0.137 e. The van der Waals surface area contributed by atoms with Gasteiger partial charge in [-0.15, -0.1) is 0 Å². The molecule has 1 aliphatic rings. The van der Waals surface area contributed by atoms with Crippen molar-refractivity contribution in [3.63, 3.8) is 0 Å². The van der Waals surface area contributed by atoms with Crippen LogP contribution in [0.2, 0.25) is 0 Å². The summed E-state index contributed by atoms with van der Waals surface area (Å²) in [5.74, 6) is 0. The van der Waals surface area contributed by atoms with Gasteiger partial charge in [-0.2, -0.15) is 0 Å². The number of hydrogen-bond acceptors (Lipinski definition) is 3. The molecule has 1 fully saturated rings. The molecule has 0 amide bonds. The lowest BCUT2D eigenvalue weighted by atomic mass is 10.2. The third-order valence-electron chi connectivity index (χ3n) is 2.15. The Labute approximate surface area is 67.3 Å². The summed E-state index contributed by atoms with van der Waals surface area (Å²) in [7, 11) is 1.69. The van der Waals surface area contributed by atoms with Crippen LogP contribution in [0.5, 0.6) is 0 Å².